The lowest BCUT2D eigenvalue weighted by molar-refractivity contribution is 0.152. The van der Waals surface area contributed by atoms with E-state index in [2.05, 4.69) is 29.1 Å². The van der Waals surface area contributed by atoms with Crippen molar-refractivity contribution >= 4 is 11.3 Å². The Morgan fingerprint density at radius 1 is 1.42 bits per heavy atom. The number of hydrogen-bond donors (Lipinski definition) is 1. The molecule has 1 aromatic carbocycles. The van der Waals surface area contributed by atoms with Crippen molar-refractivity contribution in [2.24, 2.45) is 0 Å². The van der Waals surface area contributed by atoms with Crippen molar-refractivity contribution in [3.63, 3.8) is 0 Å². The van der Waals surface area contributed by atoms with E-state index in [1.807, 2.05) is 0 Å². The number of fused-ring (bicyclic) bond motifs is 1. The average molecular weight is 277 g/mol. The molecule has 2 atom stereocenters. The Balaban J connectivity index is 1.95. The van der Waals surface area contributed by atoms with Crippen LogP contribution in [-0.4, -0.2) is 6.54 Å². The highest BCUT2D eigenvalue weighted by molar-refractivity contribution is 7.07. The smallest absolute Gasteiger partial charge is 0.126 e. The topological polar surface area (TPSA) is 21.3 Å². The molecule has 0 fully saturated rings. The van der Waals surface area contributed by atoms with Gasteiger partial charge in [0.2, 0.25) is 0 Å². The van der Waals surface area contributed by atoms with Crippen LogP contribution in [0.15, 0.2) is 35.0 Å². The molecule has 0 saturated heterocycles. The Morgan fingerprint density at radius 2 is 2.32 bits per heavy atom. The molecule has 3 rings (SSSR count). The van der Waals surface area contributed by atoms with Gasteiger partial charge in [0.15, 0.2) is 0 Å². The zero-order valence-electron chi connectivity index (χ0n) is 10.7. The molecule has 0 saturated carbocycles. The van der Waals surface area contributed by atoms with Gasteiger partial charge in [0, 0.05) is 23.6 Å². The summed E-state index contributed by atoms with van der Waals surface area (Å²) < 4.78 is 19.4. The molecule has 4 heteroatoms. The summed E-state index contributed by atoms with van der Waals surface area (Å²) >= 11 is 1.67. The van der Waals surface area contributed by atoms with Gasteiger partial charge in [0.25, 0.3) is 0 Å². The lowest BCUT2D eigenvalue weighted by Gasteiger charge is -2.32. The van der Waals surface area contributed by atoms with E-state index < -0.39 is 0 Å². The van der Waals surface area contributed by atoms with Gasteiger partial charge in [-0.15, -0.1) is 0 Å². The van der Waals surface area contributed by atoms with Crippen molar-refractivity contribution < 1.29 is 9.13 Å². The summed E-state index contributed by atoms with van der Waals surface area (Å²) in [6.07, 6.45) is 0.884. The largest absolute Gasteiger partial charge is 0.485 e. The minimum atomic E-state index is -0.209. The second-order valence-electron chi connectivity index (χ2n) is 4.69. The molecular formula is C15H16FNOS. The highest BCUT2D eigenvalue weighted by Gasteiger charge is 2.29. The van der Waals surface area contributed by atoms with Crippen LogP contribution in [0.3, 0.4) is 0 Å². The third-order valence-electron chi connectivity index (χ3n) is 3.43. The first kappa shape index (κ1) is 12.6. The molecule has 1 aromatic heterocycles. The molecule has 100 valence electrons. The minimum Gasteiger partial charge on any atom is -0.485 e. The molecule has 1 N–H and O–H groups in total. The third-order valence-corrected chi connectivity index (χ3v) is 4.13. The maximum atomic E-state index is 13.4. The quantitative estimate of drug-likeness (QED) is 0.913. The molecule has 19 heavy (non-hydrogen) atoms. The van der Waals surface area contributed by atoms with Crippen LogP contribution in [0.5, 0.6) is 5.75 Å². The summed E-state index contributed by atoms with van der Waals surface area (Å²) in [5, 5.41) is 7.59. The monoisotopic (exact) mass is 277 g/mol. The predicted molar refractivity (Wildman–Crippen MR) is 75.1 cm³/mol. The summed E-state index contributed by atoms with van der Waals surface area (Å²) in [7, 11) is 0. The van der Waals surface area contributed by atoms with Crippen molar-refractivity contribution in [1.82, 2.24) is 5.32 Å². The van der Waals surface area contributed by atoms with Crippen molar-refractivity contribution in [2.45, 2.75) is 25.5 Å². The van der Waals surface area contributed by atoms with E-state index in [-0.39, 0.29) is 18.0 Å². The molecule has 1 aliphatic rings. The van der Waals surface area contributed by atoms with E-state index in [4.69, 9.17) is 4.74 Å². The van der Waals surface area contributed by atoms with Gasteiger partial charge in [-0.05, 0) is 41.6 Å². The van der Waals surface area contributed by atoms with Crippen LogP contribution in [0.1, 0.15) is 36.6 Å². The lowest BCUT2D eigenvalue weighted by atomic mass is 9.94. The van der Waals surface area contributed by atoms with Crippen molar-refractivity contribution in [3.05, 3.63) is 52.0 Å². The van der Waals surface area contributed by atoms with Gasteiger partial charge in [0.1, 0.15) is 17.7 Å². The molecule has 0 radical (unpaired) electrons. The minimum absolute atomic E-state index is 0.0493. The Morgan fingerprint density at radius 3 is 3.05 bits per heavy atom. The van der Waals surface area contributed by atoms with Gasteiger partial charge in [-0.3, -0.25) is 0 Å². The van der Waals surface area contributed by atoms with Gasteiger partial charge in [0.05, 0.1) is 0 Å². The van der Waals surface area contributed by atoms with Gasteiger partial charge in [-0.1, -0.05) is 6.92 Å². The van der Waals surface area contributed by atoms with Gasteiger partial charge in [-0.25, -0.2) is 4.39 Å². The van der Waals surface area contributed by atoms with Crippen LogP contribution in [-0.2, 0) is 0 Å². The fourth-order valence-corrected chi connectivity index (χ4v) is 3.25. The van der Waals surface area contributed by atoms with E-state index in [0.29, 0.717) is 0 Å². The molecule has 0 spiro atoms. The molecule has 2 nitrogen and oxygen atoms in total. The van der Waals surface area contributed by atoms with E-state index in [1.165, 1.54) is 11.6 Å². The Kier molecular flexibility index (Phi) is 3.53. The Hall–Kier alpha value is -1.39. The van der Waals surface area contributed by atoms with E-state index in [1.54, 1.807) is 23.5 Å². The highest BCUT2D eigenvalue weighted by Crippen LogP contribution is 2.41. The fourth-order valence-electron chi connectivity index (χ4n) is 2.54. The van der Waals surface area contributed by atoms with Gasteiger partial charge >= 0.3 is 0 Å². The number of benzene rings is 1. The van der Waals surface area contributed by atoms with Crippen molar-refractivity contribution in [3.8, 4) is 5.75 Å². The first-order valence-electron chi connectivity index (χ1n) is 6.49. The molecule has 0 bridgehead atoms. The zero-order chi connectivity index (χ0) is 13.2. The van der Waals surface area contributed by atoms with Crippen LogP contribution < -0.4 is 10.1 Å². The number of nitrogens with one attached hydrogen (secondary N) is 1. The number of hydrogen-bond acceptors (Lipinski definition) is 3. The SMILES string of the molecule is CCNC1CC(c2ccsc2)Oc2ccc(F)cc21. The molecule has 2 unspecified atom stereocenters. The van der Waals surface area contributed by atoms with Crippen molar-refractivity contribution in [2.75, 3.05) is 6.54 Å². The maximum Gasteiger partial charge on any atom is 0.126 e. The number of halogens is 1. The molecular weight excluding hydrogens is 261 g/mol. The summed E-state index contributed by atoms with van der Waals surface area (Å²) in [6, 6.07) is 7.00. The third kappa shape index (κ3) is 2.51. The average Bonchev–Trinajstić information content (AvgIpc) is 2.93. The van der Waals surface area contributed by atoms with E-state index in [9.17, 15) is 4.39 Å². The molecule has 2 heterocycles. The fraction of sp³-hybridized carbons (Fsp3) is 0.333. The van der Waals surface area contributed by atoms with Gasteiger partial charge < -0.3 is 10.1 Å². The predicted octanol–water partition coefficient (Wildman–Crippen LogP) is 4.06. The van der Waals surface area contributed by atoms with E-state index >= 15 is 0 Å². The Labute approximate surface area is 116 Å². The van der Waals surface area contributed by atoms with Crippen LogP contribution >= 0.6 is 11.3 Å². The van der Waals surface area contributed by atoms with E-state index in [0.717, 1.165) is 24.3 Å². The second kappa shape index (κ2) is 5.31. The first-order valence-corrected chi connectivity index (χ1v) is 7.43. The molecule has 0 amide bonds. The highest BCUT2D eigenvalue weighted by atomic mass is 32.1. The van der Waals surface area contributed by atoms with Crippen LogP contribution in [0, 0.1) is 5.82 Å². The van der Waals surface area contributed by atoms with Crippen molar-refractivity contribution in [1.29, 1.82) is 0 Å². The molecule has 1 aliphatic heterocycles. The van der Waals surface area contributed by atoms with Crippen LogP contribution in [0.4, 0.5) is 4.39 Å². The molecule has 2 aromatic rings. The standard InChI is InChI=1S/C15H16FNOS/c1-2-17-13-8-15(10-5-6-19-9-10)18-14-4-3-11(16)7-12(13)14/h3-7,9,13,15,17H,2,8H2,1H3. The number of thiophene rings is 1. The first-order chi connectivity index (χ1) is 9.28. The second-order valence-corrected chi connectivity index (χ2v) is 5.47. The summed E-state index contributed by atoms with van der Waals surface area (Å²) in [4.78, 5) is 0. The number of rotatable bonds is 3. The van der Waals surface area contributed by atoms with Crippen LogP contribution in [0.2, 0.25) is 0 Å². The molecule has 0 aliphatic carbocycles. The summed E-state index contributed by atoms with van der Waals surface area (Å²) in [5.41, 5.74) is 2.12. The zero-order valence-corrected chi connectivity index (χ0v) is 11.5. The maximum absolute atomic E-state index is 13.4. The summed E-state index contributed by atoms with van der Waals surface area (Å²) in [6.45, 7) is 2.92. The normalized spacial score (nSPS) is 21.8. The summed E-state index contributed by atoms with van der Waals surface area (Å²) in [5.74, 6) is 0.578. The lowest BCUT2D eigenvalue weighted by Crippen LogP contribution is -2.29. The van der Waals surface area contributed by atoms with Crippen LogP contribution in [0.25, 0.3) is 0 Å². The number of ether oxygens (including phenoxy) is 1. The van der Waals surface area contributed by atoms with Gasteiger partial charge in [-0.2, -0.15) is 11.3 Å². The Bertz CT molecular complexity index is 555.